The summed E-state index contributed by atoms with van der Waals surface area (Å²) in [6, 6.07) is 15.2. The van der Waals surface area contributed by atoms with Gasteiger partial charge in [0.15, 0.2) is 0 Å². The molecule has 7 heteroatoms. The smallest absolute Gasteiger partial charge is 0.416 e. The molecule has 31 heavy (non-hydrogen) atoms. The van der Waals surface area contributed by atoms with Crippen molar-refractivity contribution >= 4 is 0 Å². The minimum absolute atomic E-state index is 0.222. The molecule has 4 rings (SSSR count). The lowest BCUT2D eigenvalue weighted by Crippen LogP contribution is -2.36. The van der Waals surface area contributed by atoms with Crippen molar-refractivity contribution in [1.29, 1.82) is 0 Å². The van der Waals surface area contributed by atoms with Gasteiger partial charge in [-0.15, -0.1) is 0 Å². The van der Waals surface area contributed by atoms with Gasteiger partial charge in [-0.25, -0.2) is 4.98 Å². The van der Waals surface area contributed by atoms with Crippen LogP contribution in [0.15, 0.2) is 59.0 Å². The fourth-order valence-corrected chi connectivity index (χ4v) is 3.76. The Morgan fingerprint density at radius 1 is 1.06 bits per heavy atom. The molecule has 164 valence electrons. The number of likely N-dealkylation sites (tertiary alicyclic amines) is 1. The zero-order chi connectivity index (χ0) is 21.8. The van der Waals surface area contributed by atoms with E-state index in [2.05, 4.69) is 22.0 Å². The predicted octanol–water partition coefficient (Wildman–Crippen LogP) is 5.85. The van der Waals surface area contributed by atoms with Crippen molar-refractivity contribution < 1.29 is 22.3 Å². The summed E-state index contributed by atoms with van der Waals surface area (Å²) in [6.07, 6.45) is -2.29. The van der Waals surface area contributed by atoms with Crippen LogP contribution in [0, 0.1) is 6.92 Å². The maximum absolute atomic E-state index is 13.0. The summed E-state index contributed by atoms with van der Waals surface area (Å²) >= 11 is 0. The van der Waals surface area contributed by atoms with E-state index in [0.29, 0.717) is 24.5 Å². The second kappa shape index (κ2) is 9.24. The SMILES string of the molecule is Cc1oc(-c2cccc(C(F)(F)F)c2)nc1CN1CCC(OCc2ccccc2)CC1. The van der Waals surface area contributed by atoms with Gasteiger partial charge in [0, 0.05) is 25.2 Å². The van der Waals surface area contributed by atoms with E-state index in [4.69, 9.17) is 9.15 Å². The van der Waals surface area contributed by atoms with Crippen molar-refractivity contribution in [3.05, 3.63) is 77.2 Å². The van der Waals surface area contributed by atoms with Crippen LogP contribution in [-0.4, -0.2) is 29.1 Å². The van der Waals surface area contributed by atoms with E-state index in [0.717, 1.165) is 43.8 Å². The number of aryl methyl sites for hydroxylation is 1. The fraction of sp³-hybridized carbons (Fsp3) is 0.375. The normalized spacial score (nSPS) is 16.0. The summed E-state index contributed by atoms with van der Waals surface area (Å²) in [7, 11) is 0. The third-order valence-electron chi connectivity index (χ3n) is 5.57. The molecule has 1 aliphatic rings. The van der Waals surface area contributed by atoms with E-state index < -0.39 is 11.7 Å². The maximum atomic E-state index is 13.0. The van der Waals surface area contributed by atoms with Crippen LogP contribution in [0.1, 0.15) is 35.4 Å². The lowest BCUT2D eigenvalue weighted by atomic mass is 10.1. The molecule has 0 bridgehead atoms. The molecule has 3 aromatic rings. The van der Waals surface area contributed by atoms with Crippen molar-refractivity contribution in [3.63, 3.8) is 0 Å². The van der Waals surface area contributed by atoms with Crippen molar-refractivity contribution in [1.82, 2.24) is 9.88 Å². The minimum Gasteiger partial charge on any atom is -0.441 e. The molecule has 0 unspecified atom stereocenters. The van der Waals surface area contributed by atoms with Crippen LogP contribution in [0.5, 0.6) is 0 Å². The van der Waals surface area contributed by atoms with E-state index in [1.54, 1.807) is 13.0 Å². The highest BCUT2D eigenvalue weighted by Crippen LogP contribution is 2.32. The Morgan fingerprint density at radius 2 is 1.81 bits per heavy atom. The first-order chi connectivity index (χ1) is 14.9. The van der Waals surface area contributed by atoms with Gasteiger partial charge in [0.1, 0.15) is 5.76 Å². The summed E-state index contributed by atoms with van der Waals surface area (Å²) in [6.45, 7) is 4.79. The van der Waals surface area contributed by atoms with Crippen molar-refractivity contribution in [3.8, 4) is 11.5 Å². The van der Waals surface area contributed by atoms with Crippen LogP contribution in [0.4, 0.5) is 13.2 Å². The van der Waals surface area contributed by atoms with Crippen LogP contribution >= 0.6 is 0 Å². The third kappa shape index (κ3) is 5.54. The Hall–Kier alpha value is -2.64. The van der Waals surface area contributed by atoms with Crippen LogP contribution in [0.25, 0.3) is 11.5 Å². The van der Waals surface area contributed by atoms with E-state index in [1.807, 2.05) is 18.2 Å². The first-order valence-electron chi connectivity index (χ1n) is 10.4. The molecule has 4 nitrogen and oxygen atoms in total. The first kappa shape index (κ1) is 21.6. The number of hydrogen-bond acceptors (Lipinski definition) is 4. The molecule has 0 aliphatic carbocycles. The second-order valence-corrected chi connectivity index (χ2v) is 7.87. The molecule has 0 N–H and O–H groups in total. The number of benzene rings is 2. The van der Waals surface area contributed by atoms with Gasteiger partial charge in [0.05, 0.1) is 24.0 Å². The van der Waals surface area contributed by atoms with Crippen LogP contribution in [-0.2, 0) is 24.1 Å². The van der Waals surface area contributed by atoms with Crippen molar-refractivity contribution in [2.75, 3.05) is 13.1 Å². The molecule has 1 saturated heterocycles. The topological polar surface area (TPSA) is 38.5 Å². The molecule has 1 aromatic heterocycles. The first-order valence-corrected chi connectivity index (χ1v) is 10.4. The van der Waals surface area contributed by atoms with Gasteiger partial charge in [-0.1, -0.05) is 36.4 Å². The standard InChI is InChI=1S/C24H25F3N2O2/c1-17-22(28-23(31-17)19-8-5-9-20(14-19)24(25,26)27)15-29-12-10-21(11-13-29)30-16-18-6-3-2-4-7-18/h2-9,14,21H,10-13,15-16H2,1H3. The fourth-order valence-electron chi connectivity index (χ4n) is 3.76. The lowest BCUT2D eigenvalue weighted by Gasteiger charge is -2.31. The monoisotopic (exact) mass is 430 g/mol. The van der Waals surface area contributed by atoms with E-state index >= 15 is 0 Å². The zero-order valence-electron chi connectivity index (χ0n) is 17.4. The Labute approximate surface area is 179 Å². The average Bonchev–Trinajstić information content (AvgIpc) is 3.14. The quantitative estimate of drug-likeness (QED) is 0.492. The molecule has 1 fully saturated rings. The Kier molecular flexibility index (Phi) is 6.43. The highest BCUT2D eigenvalue weighted by atomic mass is 19.4. The van der Waals surface area contributed by atoms with E-state index in [9.17, 15) is 13.2 Å². The Morgan fingerprint density at radius 3 is 2.52 bits per heavy atom. The molecular formula is C24H25F3N2O2. The number of rotatable bonds is 6. The molecule has 0 atom stereocenters. The number of halogens is 3. The van der Waals surface area contributed by atoms with Gasteiger partial charge in [-0.05, 0) is 43.5 Å². The summed E-state index contributed by atoms with van der Waals surface area (Å²) in [5.41, 5.74) is 1.55. The molecule has 1 aliphatic heterocycles. The lowest BCUT2D eigenvalue weighted by molar-refractivity contribution is -0.137. The number of hydrogen-bond donors (Lipinski definition) is 0. The average molecular weight is 430 g/mol. The van der Waals surface area contributed by atoms with E-state index in [1.165, 1.54) is 11.6 Å². The summed E-state index contributed by atoms with van der Waals surface area (Å²) < 4.78 is 50.7. The van der Waals surface area contributed by atoms with Gasteiger partial charge >= 0.3 is 6.18 Å². The molecule has 0 amide bonds. The predicted molar refractivity (Wildman–Crippen MR) is 111 cm³/mol. The molecule has 0 radical (unpaired) electrons. The largest absolute Gasteiger partial charge is 0.441 e. The second-order valence-electron chi connectivity index (χ2n) is 7.87. The van der Waals surface area contributed by atoms with Crippen molar-refractivity contribution in [2.45, 2.75) is 45.2 Å². The summed E-state index contributed by atoms with van der Waals surface area (Å²) in [5, 5.41) is 0. The highest BCUT2D eigenvalue weighted by molar-refractivity contribution is 5.55. The van der Waals surface area contributed by atoms with E-state index in [-0.39, 0.29) is 12.0 Å². The number of alkyl halides is 3. The number of piperidine rings is 1. The molecule has 0 saturated carbocycles. The molecule has 2 aromatic carbocycles. The Bertz CT molecular complexity index is 994. The number of ether oxygens (including phenoxy) is 1. The molecule has 0 spiro atoms. The summed E-state index contributed by atoms with van der Waals surface area (Å²) in [4.78, 5) is 6.77. The van der Waals surface area contributed by atoms with Gasteiger partial charge in [0.2, 0.25) is 5.89 Å². The van der Waals surface area contributed by atoms with Gasteiger partial charge in [-0.2, -0.15) is 13.2 Å². The van der Waals surface area contributed by atoms with Gasteiger partial charge in [-0.3, -0.25) is 4.90 Å². The van der Waals surface area contributed by atoms with Crippen LogP contribution in [0.3, 0.4) is 0 Å². The van der Waals surface area contributed by atoms with Gasteiger partial charge < -0.3 is 9.15 Å². The van der Waals surface area contributed by atoms with Gasteiger partial charge in [0.25, 0.3) is 0 Å². The maximum Gasteiger partial charge on any atom is 0.416 e. The number of nitrogens with zero attached hydrogens (tertiary/aromatic N) is 2. The zero-order valence-corrected chi connectivity index (χ0v) is 17.4. The Balaban J connectivity index is 1.33. The van der Waals surface area contributed by atoms with Crippen LogP contribution < -0.4 is 0 Å². The molecular weight excluding hydrogens is 405 g/mol. The third-order valence-corrected chi connectivity index (χ3v) is 5.57. The number of aromatic nitrogens is 1. The number of oxazole rings is 1. The highest BCUT2D eigenvalue weighted by Gasteiger charge is 2.31. The van der Waals surface area contributed by atoms with Crippen LogP contribution in [0.2, 0.25) is 0 Å². The minimum atomic E-state index is -4.40. The molecule has 2 heterocycles. The van der Waals surface area contributed by atoms with Crippen molar-refractivity contribution in [2.24, 2.45) is 0 Å². The summed E-state index contributed by atoms with van der Waals surface area (Å²) in [5.74, 6) is 0.856.